The quantitative estimate of drug-likeness (QED) is 0.635. The number of ether oxygens (including phenoxy) is 1. The molecule has 1 unspecified atom stereocenters. The Morgan fingerprint density at radius 3 is 2.48 bits per heavy atom. The molecule has 0 saturated heterocycles. The lowest BCUT2D eigenvalue weighted by molar-refractivity contribution is -0.122. The van der Waals surface area contributed by atoms with Crippen molar-refractivity contribution in [3.05, 3.63) is 70.3 Å². The molecule has 1 amide bonds. The summed E-state index contributed by atoms with van der Waals surface area (Å²) in [5, 5.41) is 7.07. The molecule has 0 aliphatic rings. The molecule has 8 heteroatoms. The number of amides is 1. The summed E-state index contributed by atoms with van der Waals surface area (Å²) in [6.07, 6.45) is -0.844. The second-order valence-corrected chi connectivity index (χ2v) is 6.74. The van der Waals surface area contributed by atoms with Crippen LogP contribution in [0.5, 0.6) is 5.75 Å². The Bertz CT molecular complexity index is 974. The topological polar surface area (TPSA) is 56.1 Å². The fourth-order valence-electron chi connectivity index (χ4n) is 2.41. The van der Waals surface area contributed by atoms with Gasteiger partial charge in [0.25, 0.3) is 5.91 Å². The molecule has 140 valence electrons. The first-order valence-corrected chi connectivity index (χ1v) is 8.88. The van der Waals surface area contributed by atoms with Crippen molar-refractivity contribution >= 4 is 27.7 Å². The molecule has 0 fully saturated rings. The predicted molar refractivity (Wildman–Crippen MR) is 101 cm³/mol. The van der Waals surface area contributed by atoms with E-state index in [1.807, 2.05) is 0 Å². The molecule has 3 aromatic rings. The molecule has 1 heterocycles. The Labute approximate surface area is 163 Å². The molecule has 1 N–H and O–H groups in total. The summed E-state index contributed by atoms with van der Waals surface area (Å²) in [4.78, 5) is 12.5. The molecule has 1 aromatic heterocycles. The molecule has 27 heavy (non-hydrogen) atoms. The third kappa shape index (κ3) is 4.51. The van der Waals surface area contributed by atoms with Gasteiger partial charge in [-0.2, -0.15) is 5.10 Å². The number of benzene rings is 2. The van der Waals surface area contributed by atoms with Crippen LogP contribution >= 0.6 is 15.9 Å². The van der Waals surface area contributed by atoms with Gasteiger partial charge in [-0.1, -0.05) is 0 Å². The molecular formula is C19H16BrF2N3O2. The number of hydrogen-bond donors (Lipinski definition) is 1. The molecule has 3 rings (SSSR count). The highest BCUT2D eigenvalue weighted by Gasteiger charge is 2.19. The van der Waals surface area contributed by atoms with E-state index in [9.17, 15) is 13.6 Å². The van der Waals surface area contributed by atoms with Crippen molar-refractivity contribution in [2.45, 2.75) is 20.0 Å². The first kappa shape index (κ1) is 19.0. The summed E-state index contributed by atoms with van der Waals surface area (Å²) in [6, 6.07) is 11.4. The number of halogens is 3. The van der Waals surface area contributed by atoms with Crippen LogP contribution in [0.2, 0.25) is 0 Å². The van der Waals surface area contributed by atoms with Gasteiger partial charge in [0, 0.05) is 6.07 Å². The van der Waals surface area contributed by atoms with Crippen molar-refractivity contribution in [2.24, 2.45) is 0 Å². The van der Waals surface area contributed by atoms with E-state index in [4.69, 9.17) is 4.74 Å². The van der Waals surface area contributed by atoms with Gasteiger partial charge < -0.3 is 10.1 Å². The summed E-state index contributed by atoms with van der Waals surface area (Å²) in [5.74, 6) is -0.403. The number of carbonyl (C=O) groups is 1. The van der Waals surface area contributed by atoms with Crippen LogP contribution in [-0.2, 0) is 4.79 Å². The second kappa shape index (κ2) is 7.87. The zero-order valence-corrected chi connectivity index (χ0v) is 16.1. The van der Waals surface area contributed by atoms with Crippen molar-refractivity contribution < 1.29 is 18.3 Å². The molecule has 2 aromatic carbocycles. The highest BCUT2D eigenvalue weighted by molar-refractivity contribution is 9.10. The fraction of sp³-hybridized carbons (Fsp3) is 0.158. The number of hydrogen-bond acceptors (Lipinski definition) is 3. The van der Waals surface area contributed by atoms with Crippen molar-refractivity contribution in [1.82, 2.24) is 9.78 Å². The third-order valence-electron chi connectivity index (χ3n) is 3.72. The number of aromatic nitrogens is 2. The van der Waals surface area contributed by atoms with Crippen LogP contribution in [0.25, 0.3) is 5.69 Å². The molecule has 1 atom stereocenters. The second-order valence-electron chi connectivity index (χ2n) is 5.88. The van der Waals surface area contributed by atoms with Gasteiger partial charge >= 0.3 is 0 Å². The zero-order chi connectivity index (χ0) is 19.6. The number of rotatable bonds is 5. The van der Waals surface area contributed by atoms with Gasteiger partial charge in [0.2, 0.25) is 0 Å². The minimum Gasteiger partial charge on any atom is -0.480 e. The fourth-order valence-corrected chi connectivity index (χ4v) is 2.85. The van der Waals surface area contributed by atoms with E-state index in [0.29, 0.717) is 27.4 Å². The Morgan fingerprint density at radius 2 is 1.81 bits per heavy atom. The third-order valence-corrected chi connectivity index (χ3v) is 4.34. The monoisotopic (exact) mass is 435 g/mol. The normalized spacial score (nSPS) is 11.9. The molecule has 0 bridgehead atoms. The molecule has 0 saturated carbocycles. The van der Waals surface area contributed by atoms with Crippen molar-refractivity contribution in [3.8, 4) is 11.4 Å². The highest BCUT2D eigenvalue weighted by Crippen LogP contribution is 2.26. The Hall–Kier alpha value is -2.74. The van der Waals surface area contributed by atoms with E-state index < -0.39 is 17.8 Å². The van der Waals surface area contributed by atoms with Gasteiger partial charge in [0.05, 0.1) is 15.9 Å². The highest BCUT2D eigenvalue weighted by atomic mass is 79.9. The average Bonchev–Trinajstić information content (AvgIpc) is 2.98. The van der Waals surface area contributed by atoms with E-state index >= 15 is 0 Å². The first-order chi connectivity index (χ1) is 12.8. The summed E-state index contributed by atoms with van der Waals surface area (Å²) < 4.78 is 33.8. The van der Waals surface area contributed by atoms with Crippen LogP contribution in [0.4, 0.5) is 14.6 Å². The molecule has 0 radical (unpaired) electrons. The van der Waals surface area contributed by atoms with Crippen LogP contribution in [0, 0.1) is 18.6 Å². The van der Waals surface area contributed by atoms with Crippen LogP contribution in [0.15, 0.2) is 53.0 Å². The van der Waals surface area contributed by atoms with Gasteiger partial charge in [0.1, 0.15) is 23.2 Å². The van der Waals surface area contributed by atoms with Crippen LogP contribution < -0.4 is 10.1 Å². The van der Waals surface area contributed by atoms with E-state index in [1.165, 1.54) is 35.0 Å². The van der Waals surface area contributed by atoms with Gasteiger partial charge in [0.15, 0.2) is 6.10 Å². The van der Waals surface area contributed by atoms with Crippen molar-refractivity contribution in [1.29, 1.82) is 0 Å². The van der Waals surface area contributed by atoms with Crippen LogP contribution in [0.3, 0.4) is 0 Å². The number of aryl methyl sites for hydroxylation is 1. The molecular weight excluding hydrogens is 420 g/mol. The summed E-state index contributed by atoms with van der Waals surface area (Å²) in [6.45, 7) is 3.36. The van der Waals surface area contributed by atoms with Crippen molar-refractivity contribution in [2.75, 3.05) is 5.32 Å². The van der Waals surface area contributed by atoms with E-state index in [0.717, 1.165) is 0 Å². The number of nitrogens with one attached hydrogen (secondary N) is 1. The lowest BCUT2D eigenvalue weighted by Crippen LogP contribution is -2.31. The Balaban J connectivity index is 1.76. The first-order valence-electron chi connectivity index (χ1n) is 8.08. The predicted octanol–water partition coefficient (Wildman–Crippen LogP) is 4.63. The van der Waals surface area contributed by atoms with Gasteiger partial charge in [-0.05, 0) is 72.2 Å². The molecule has 0 aliphatic heterocycles. The summed E-state index contributed by atoms with van der Waals surface area (Å²) >= 11 is 3.20. The van der Waals surface area contributed by atoms with E-state index in [1.54, 1.807) is 32.0 Å². The Morgan fingerprint density at radius 1 is 1.15 bits per heavy atom. The standard InChI is InChI=1S/C19H16BrF2N3O2/c1-11-9-18(25(24-11)15-6-3-13(21)4-7-15)23-19(26)12(2)27-17-8-5-14(22)10-16(17)20/h3-10,12H,1-2H3,(H,23,26). The largest absolute Gasteiger partial charge is 0.480 e. The maximum absolute atomic E-state index is 13.2. The number of anilines is 1. The minimum atomic E-state index is -0.844. The van der Waals surface area contributed by atoms with Crippen molar-refractivity contribution in [3.63, 3.8) is 0 Å². The minimum absolute atomic E-state index is 0.349. The average molecular weight is 436 g/mol. The number of nitrogens with zero attached hydrogens (tertiary/aromatic N) is 2. The lowest BCUT2D eigenvalue weighted by atomic mass is 10.3. The lowest BCUT2D eigenvalue weighted by Gasteiger charge is -2.16. The van der Waals surface area contributed by atoms with E-state index in [2.05, 4.69) is 26.3 Å². The Kier molecular flexibility index (Phi) is 5.55. The maximum atomic E-state index is 13.2. The molecule has 5 nitrogen and oxygen atoms in total. The molecule has 0 spiro atoms. The van der Waals surface area contributed by atoms with Crippen LogP contribution in [0.1, 0.15) is 12.6 Å². The number of carbonyl (C=O) groups excluding carboxylic acids is 1. The molecule has 0 aliphatic carbocycles. The van der Waals surface area contributed by atoms with Crippen LogP contribution in [-0.4, -0.2) is 21.8 Å². The van der Waals surface area contributed by atoms with Gasteiger partial charge in [-0.25, -0.2) is 13.5 Å². The van der Waals surface area contributed by atoms with Gasteiger partial charge in [-0.3, -0.25) is 4.79 Å². The maximum Gasteiger partial charge on any atom is 0.266 e. The van der Waals surface area contributed by atoms with Gasteiger partial charge in [-0.15, -0.1) is 0 Å². The smallest absolute Gasteiger partial charge is 0.266 e. The summed E-state index contributed by atoms with van der Waals surface area (Å²) in [7, 11) is 0. The van der Waals surface area contributed by atoms with E-state index in [-0.39, 0.29) is 5.82 Å². The summed E-state index contributed by atoms with van der Waals surface area (Å²) in [5.41, 5.74) is 1.29. The zero-order valence-electron chi connectivity index (χ0n) is 14.5. The SMILES string of the molecule is Cc1cc(NC(=O)C(C)Oc2ccc(F)cc2Br)n(-c2ccc(F)cc2)n1.